The maximum atomic E-state index is 12.8. The fourth-order valence-electron chi connectivity index (χ4n) is 1.05. The molecule has 2 nitrogen and oxygen atoms in total. The quantitative estimate of drug-likeness (QED) is 0.588. The van der Waals surface area contributed by atoms with Gasteiger partial charge in [-0.25, -0.2) is 0 Å². The molecule has 0 amide bonds. The van der Waals surface area contributed by atoms with Gasteiger partial charge in [0.05, 0.1) is 18.6 Å². The van der Waals surface area contributed by atoms with Gasteiger partial charge in [-0.3, -0.25) is 0 Å². The average molecular weight is 291 g/mol. The van der Waals surface area contributed by atoms with Gasteiger partial charge in [0.1, 0.15) is 0 Å². The Bertz CT molecular complexity index is 226. The van der Waals surface area contributed by atoms with Crippen LogP contribution in [0.4, 0.5) is 17.6 Å². The summed E-state index contributed by atoms with van der Waals surface area (Å²) in [5, 5.41) is -8.95. The molecule has 90 valence electrons. The maximum Gasteiger partial charge on any atom is 0.382 e. The molecule has 0 bridgehead atoms. The minimum Gasteiger partial charge on any atom is -0.335 e. The van der Waals surface area contributed by atoms with Crippen LogP contribution in [0.25, 0.3) is 0 Å². The Labute approximate surface area is 97.4 Å². The Hall–Kier alpha value is 0.510. The van der Waals surface area contributed by atoms with Crippen molar-refractivity contribution in [2.45, 2.75) is 22.7 Å². The van der Waals surface area contributed by atoms with Crippen LogP contribution in [0.5, 0.6) is 0 Å². The van der Waals surface area contributed by atoms with Crippen molar-refractivity contribution < 1.29 is 27.0 Å². The van der Waals surface area contributed by atoms with Crippen LogP contribution in [0.15, 0.2) is 0 Å². The molecule has 0 aromatic carbocycles. The van der Waals surface area contributed by atoms with Crippen molar-refractivity contribution in [1.82, 2.24) is 0 Å². The van der Waals surface area contributed by atoms with E-state index in [1.807, 2.05) is 0 Å². The first-order chi connectivity index (χ1) is 6.64. The molecular weight excluding hydrogens is 286 g/mol. The van der Waals surface area contributed by atoms with Gasteiger partial charge in [0, 0.05) is 0 Å². The predicted molar refractivity (Wildman–Crippen MR) is 45.9 cm³/mol. The van der Waals surface area contributed by atoms with Crippen molar-refractivity contribution in [3.05, 3.63) is 0 Å². The van der Waals surface area contributed by atoms with Crippen LogP contribution in [-0.2, 0) is 9.47 Å². The minimum absolute atomic E-state index is 0.290. The summed E-state index contributed by atoms with van der Waals surface area (Å²) in [4.78, 5) is 0. The lowest BCUT2D eigenvalue weighted by Gasteiger charge is -2.34. The van der Waals surface area contributed by atoms with Crippen LogP contribution in [0, 0.1) is 0 Å². The van der Waals surface area contributed by atoms with Crippen molar-refractivity contribution in [3.63, 3.8) is 0 Å². The predicted octanol–water partition coefficient (Wildman–Crippen LogP) is 3.00. The van der Waals surface area contributed by atoms with E-state index in [1.54, 1.807) is 0 Å². The molecule has 0 spiro atoms. The Morgan fingerprint density at radius 2 is 1.67 bits per heavy atom. The molecule has 15 heavy (non-hydrogen) atoms. The molecule has 1 unspecified atom stereocenters. The van der Waals surface area contributed by atoms with Crippen LogP contribution in [0.1, 0.15) is 0 Å². The van der Waals surface area contributed by atoms with Crippen molar-refractivity contribution in [2.75, 3.05) is 12.5 Å². The summed E-state index contributed by atoms with van der Waals surface area (Å²) in [5.74, 6) is -3.97. The van der Waals surface area contributed by atoms with Gasteiger partial charge in [-0.2, -0.15) is 17.6 Å². The molecule has 0 radical (unpaired) electrons. The molecule has 0 aromatic heterocycles. The molecule has 1 rings (SSSR count). The van der Waals surface area contributed by atoms with E-state index in [2.05, 4.69) is 32.7 Å². The molecule has 0 aromatic rings. The highest BCUT2D eigenvalue weighted by Crippen LogP contribution is 2.52. The summed E-state index contributed by atoms with van der Waals surface area (Å²) in [6, 6.07) is 0. The molecule has 0 aliphatic carbocycles. The first-order valence-corrected chi connectivity index (χ1v) is 4.94. The third-order valence-electron chi connectivity index (χ3n) is 1.72. The SMILES string of the molecule is FC(F)(Cl)C1(C(F)(F)Cl)OCC(CCl)O1. The number of rotatable bonds is 3. The van der Waals surface area contributed by atoms with Gasteiger partial charge in [0.25, 0.3) is 0 Å². The highest BCUT2D eigenvalue weighted by atomic mass is 35.5. The Morgan fingerprint density at radius 1 is 1.20 bits per heavy atom. The van der Waals surface area contributed by atoms with Crippen LogP contribution in [-0.4, -0.2) is 35.1 Å². The summed E-state index contributed by atoms with van der Waals surface area (Å²) in [6.07, 6.45) is -1.11. The third-order valence-corrected chi connectivity index (χ3v) is 2.57. The fourth-order valence-corrected chi connectivity index (χ4v) is 1.68. The van der Waals surface area contributed by atoms with Gasteiger partial charge in [-0.15, -0.1) is 11.6 Å². The van der Waals surface area contributed by atoms with Crippen molar-refractivity contribution >= 4 is 34.8 Å². The Balaban J connectivity index is 3.01. The summed E-state index contributed by atoms with van der Waals surface area (Å²) in [5.41, 5.74) is 0. The van der Waals surface area contributed by atoms with E-state index in [-0.39, 0.29) is 5.88 Å². The van der Waals surface area contributed by atoms with E-state index in [9.17, 15) is 17.6 Å². The van der Waals surface area contributed by atoms with Crippen LogP contribution < -0.4 is 0 Å². The van der Waals surface area contributed by atoms with E-state index in [4.69, 9.17) is 11.6 Å². The van der Waals surface area contributed by atoms with Crippen LogP contribution in [0.3, 0.4) is 0 Å². The number of hydrogen-bond acceptors (Lipinski definition) is 2. The van der Waals surface area contributed by atoms with Crippen LogP contribution >= 0.6 is 34.8 Å². The number of alkyl halides is 7. The van der Waals surface area contributed by atoms with Gasteiger partial charge >= 0.3 is 16.6 Å². The lowest BCUT2D eigenvalue weighted by atomic mass is 10.3. The maximum absolute atomic E-state index is 12.8. The van der Waals surface area contributed by atoms with Crippen LogP contribution in [0.2, 0.25) is 0 Å². The zero-order chi connectivity index (χ0) is 11.9. The number of ether oxygens (including phenoxy) is 2. The second-order valence-corrected chi connectivity index (χ2v) is 4.08. The minimum atomic E-state index is -4.47. The first-order valence-electron chi connectivity index (χ1n) is 3.65. The molecule has 1 heterocycles. The van der Waals surface area contributed by atoms with Gasteiger partial charge < -0.3 is 9.47 Å². The zero-order valence-corrected chi connectivity index (χ0v) is 9.22. The third kappa shape index (κ3) is 2.29. The van der Waals surface area contributed by atoms with E-state index < -0.39 is 29.3 Å². The zero-order valence-electron chi connectivity index (χ0n) is 6.95. The van der Waals surface area contributed by atoms with E-state index in [0.717, 1.165) is 0 Å². The van der Waals surface area contributed by atoms with E-state index >= 15 is 0 Å². The molecular formula is C6H5Cl3F4O2. The largest absolute Gasteiger partial charge is 0.382 e. The summed E-state index contributed by atoms with van der Waals surface area (Å²) in [6.45, 7) is -0.534. The van der Waals surface area contributed by atoms with Crippen molar-refractivity contribution in [1.29, 1.82) is 0 Å². The van der Waals surface area contributed by atoms with Gasteiger partial charge in [-0.1, -0.05) is 0 Å². The molecule has 0 N–H and O–H groups in total. The number of hydrogen-bond donors (Lipinski definition) is 0. The van der Waals surface area contributed by atoms with Gasteiger partial charge in [0.15, 0.2) is 0 Å². The summed E-state index contributed by atoms with van der Waals surface area (Å²) in [7, 11) is 0. The summed E-state index contributed by atoms with van der Waals surface area (Å²) >= 11 is 14.3. The second kappa shape index (κ2) is 4.07. The molecule has 1 fully saturated rings. The molecule has 0 saturated carbocycles. The lowest BCUT2D eigenvalue weighted by Crippen LogP contribution is -2.57. The van der Waals surface area contributed by atoms with E-state index in [1.165, 1.54) is 0 Å². The second-order valence-electron chi connectivity index (χ2n) is 2.82. The Kier molecular flexibility index (Phi) is 3.68. The standard InChI is InChI=1S/C6H5Cl3F4O2/c7-1-3-2-14-4(15-3,5(8,10)11)6(9,12)13/h3H,1-2H2. The molecule has 1 aliphatic rings. The molecule has 1 saturated heterocycles. The normalized spacial score (nSPS) is 27.0. The lowest BCUT2D eigenvalue weighted by molar-refractivity contribution is -0.327. The molecule has 1 aliphatic heterocycles. The van der Waals surface area contributed by atoms with Crippen molar-refractivity contribution in [2.24, 2.45) is 0 Å². The fraction of sp³-hybridized carbons (Fsp3) is 1.00. The highest BCUT2D eigenvalue weighted by Gasteiger charge is 2.73. The summed E-state index contributed by atoms with van der Waals surface area (Å²) < 4.78 is 59.7. The number of halogens is 7. The highest BCUT2D eigenvalue weighted by molar-refractivity contribution is 6.26. The average Bonchev–Trinajstić information content (AvgIpc) is 2.45. The molecule has 1 atom stereocenters. The van der Waals surface area contributed by atoms with Gasteiger partial charge in [-0.05, 0) is 23.2 Å². The smallest absolute Gasteiger partial charge is 0.335 e. The topological polar surface area (TPSA) is 18.5 Å². The molecule has 9 heteroatoms. The van der Waals surface area contributed by atoms with Crippen molar-refractivity contribution in [3.8, 4) is 0 Å². The van der Waals surface area contributed by atoms with E-state index in [0.29, 0.717) is 0 Å². The Morgan fingerprint density at radius 3 is 1.87 bits per heavy atom. The van der Waals surface area contributed by atoms with Gasteiger partial charge in [0.2, 0.25) is 0 Å². The first kappa shape index (κ1) is 13.6. The monoisotopic (exact) mass is 290 g/mol.